The highest BCUT2D eigenvalue weighted by Crippen LogP contribution is 2.26. The molecular weight excluding hydrogens is 302 g/mol. The second-order valence-electron chi connectivity index (χ2n) is 4.33. The van der Waals surface area contributed by atoms with E-state index in [1.165, 1.54) is 0 Å². The Balaban J connectivity index is 2.31. The molecule has 19 heavy (non-hydrogen) atoms. The van der Waals surface area contributed by atoms with Crippen LogP contribution in [0.4, 0.5) is 17.1 Å². The molecule has 0 radical (unpaired) electrons. The van der Waals surface area contributed by atoms with E-state index in [2.05, 4.69) is 27.3 Å². The van der Waals surface area contributed by atoms with Crippen LogP contribution < -0.4 is 11.1 Å². The minimum Gasteiger partial charge on any atom is -0.398 e. The van der Waals surface area contributed by atoms with Crippen LogP contribution in [0.3, 0.4) is 0 Å². The van der Waals surface area contributed by atoms with Crippen LogP contribution in [0.5, 0.6) is 0 Å². The summed E-state index contributed by atoms with van der Waals surface area (Å²) in [5.41, 5.74) is 10.5. The molecule has 0 saturated carbocycles. The van der Waals surface area contributed by atoms with E-state index in [1.54, 1.807) is 0 Å². The van der Waals surface area contributed by atoms with Crippen molar-refractivity contribution < 1.29 is 0 Å². The summed E-state index contributed by atoms with van der Waals surface area (Å²) in [5, 5.41) is 12.1. The highest BCUT2D eigenvalue weighted by atomic mass is 79.9. The van der Waals surface area contributed by atoms with E-state index in [4.69, 9.17) is 11.0 Å². The second-order valence-corrected chi connectivity index (χ2v) is 5.25. The molecule has 0 fully saturated rings. The van der Waals surface area contributed by atoms with Gasteiger partial charge in [-0.3, -0.25) is 0 Å². The molecule has 0 aliphatic carbocycles. The van der Waals surface area contributed by atoms with E-state index < -0.39 is 0 Å². The average Bonchev–Trinajstić information content (AvgIpc) is 2.38. The third kappa shape index (κ3) is 3.27. The van der Waals surface area contributed by atoms with Crippen LogP contribution in [0.25, 0.3) is 0 Å². The summed E-state index contributed by atoms with van der Waals surface area (Å²) in [6.45, 7) is 2.04. The molecule has 0 unspecified atom stereocenters. The fraction of sp³-hybridized carbons (Fsp3) is 0.133. The quantitative estimate of drug-likeness (QED) is 0.836. The van der Waals surface area contributed by atoms with Crippen LogP contribution in [0.2, 0.25) is 0 Å². The SMILES string of the molecule is Cc1ccc(Br)cc1Nc1ccc(N)c(CC#N)c1. The first-order valence-corrected chi connectivity index (χ1v) is 6.68. The van der Waals surface area contributed by atoms with Crippen molar-refractivity contribution in [2.45, 2.75) is 13.3 Å². The summed E-state index contributed by atoms with van der Waals surface area (Å²) in [6, 6.07) is 13.8. The number of nitrogens with one attached hydrogen (secondary N) is 1. The van der Waals surface area contributed by atoms with Crippen molar-refractivity contribution in [2.75, 3.05) is 11.1 Å². The number of nitrogens with two attached hydrogens (primary N) is 1. The van der Waals surface area contributed by atoms with Crippen molar-refractivity contribution in [2.24, 2.45) is 0 Å². The van der Waals surface area contributed by atoms with E-state index in [1.807, 2.05) is 43.3 Å². The Hall–Kier alpha value is -1.99. The van der Waals surface area contributed by atoms with Crippen molar-refractivity contribution in [3.8, 4) is 6.07 Å². The summed E-state index contributed by atoms with van der Waals surface area (Å²) >= 11 is 3.46. The van der Waals surface area contributed by atoms with Gasteiger partial charge >= 0.3 is 0 Å². The average molecular weight is 316 g/mol. The van der Waals surface area contributed by atoms with Crippen molar-refractivity contribution in [1.82, 2.24) is 0 Å². The lowest BCUT2D eigenvalue weighted by Gasteiger charge is -2.12. The molecule has 3 N–H and O–H groups in total. The molecule has 0 atom stereocenters. The second kappa shape index (κ2) is 5.77. The van der Waals surface area contributed by atoms with Crippen LogP contribution in [-0.4, -0.2) is 0 Å². The van der Waals surface area contributed by atoms with Gasteiger partial charge in [0.1, 0.15) is 0 Å². The summed E-state index contributed by atoms with van der Waals surface area (Å²) in [4.78, 5) is 0. The van der Waals surface area contributed by atoms with Crippen LogP contribution in [0, 0.1) is 18.3 Å². The lowest BCUT2D eigenvalue weighted by Crippen LogP contribution is -1.97. The molecule has 0 aliphatic heterocycles. The zero-order chi connectivity index (χ0) is 13.8. The van der Waals surface area contributed by atoms with Crippen molar-refractivity contribution in [1.29, 1.82) is 5.26 Å². The molecule has 0 heterocycles. The highest BCUT2D eigenvalue weighted by Gasteiger charge is 2.03. The lowest BCUT2D eigenvalue weighted by molar-refractivity contribution is 1.26. The molecule has 0 amide bonds. The van der Waals surface area contributed by atoms with Crippen molar-refractivity contribution in [3.05, 3.63) is 52.0 Å². The Morgan fingerprint density at radius 2 is 2.05 bits per heavy atom. The van der Waals surface area contributed by atoms with Gasteiger partial charge in [0, 0.05) is 21.5 Å². The summed E-state index contributed by atoms with van der Waals surface area (Å²) in [5.74, 6) is 0. The van der Waals surface area contributed by atoms with Gasteiger partial charge in [0.05, 0.1) is 12.5 Å². The van der Waals surface area contributed by atoms with Gasteiger partial charge in [-0.05, 0) is 48.4 Å². The number of nitrogens with zero attached hydrogens (tertiary/aromatic N) is 1. The van der Waals surface area contributed by atoms with E-state index in [-0.39, 0.29) is 0 Å². The van der Waals surface area contributed by atoms with Gasteiger partial charge in [0.25, 0.3) is 0 Å². The van der Waals surface area contributed by atoms with E-state index in [0.717, 1.165) is 27.0 Å². The molecule has 2 aromatic rings. The van der Waals surface area contributed by atoms with Gasteiger partial charge in [-0.1, -0.05) is 22.0 Å². The number of nitrogen functional groups attached to an aromatic ring is 1. The van der Waals surface area contributed by atoms with E-state index in [9.17, 15) is 0 Å². The van der Waals surface area contributed by atoms with E-state index in [0.29, 0.717) is 12.1 Å². The number of halogens is 1. The molecule has 0 aliphatic rings. The first-order valence-electron chi connectivity index (χ1n) is 5.88. The molecule has 96 valence electrons. The lowest BCUT2D eigenvalue weighted by atomic mass is 10.1. The Morgan fingerprint density at radius 3 is 2.79 bits per heavy atom. The maximum atomic E-state index is 8.77. The normalized spacial score (nSPS) is 9.95. The number of anilines is 3. The standard InChI is InChI=1S/C15H14BrN3/c1-10-2-3-12(16)9-15(10)19-13-4-5-14(18)11(8-13)6-7-17/h2-5,8-9,19H,6,18H2,1H3. The summed E-state index contributed by atoms with van der Waals surface area (Å²) in [6.07, 6.45) is 0.318. The van der Waals surface area contributed by atoms with Gasteiger partial charge in [-0.25, -0.2) is 0 Å². The third-order valence-electron chi connectivity index (χ3n) is 2.89. The van der Waals surface area contributed by atoms with Gasteiger partial charge in [-0.2, -0.15) is 5.26 Å². The highest BCUT2D eigenvalue weighted by molar-refractivity contribution is 9.10. The summed E-state index contributed by atoms with van der Waals surface area (Å²) in [7, 11) is 0. The molecule has 0 spiro atoms. The zero-order valence-electron chi connectivity index (χ0n) is 10.6. The minimum atomic E-state index is 0.318. The molecule has 3 nitrogen and oxygen atoms in total. The Morgan fingerprint density at radius 1 is 1.26 bits per heavy atom. The number of benzene rings is 2. The maximum absolute atomic E-state index is 8.77. The fourth-order valence-corrected chi connectivity index (χ4v) is 2.17. The number of rotatable bonds is 3. The predicted octanol–water partition coefficient (Wildman–Crippen LogP) is 4.15. The summed E-state index contributed by atoms with van der Waals surface area (Å²) < 4.78 is 1.02. The molecule has 0 saturated heterocycles. The largest absolute Gasteiger partial charge is 0.398 e. The first-order chi connectivity index (χ1) is 9.10. The molecule has 0 bridgehead atoms. The van der Waals surface area contributed by atoms with Crippen LogP contribution >= 0.6 is 15.9 Å². The Bertz CT molecular complexity index is 644. The topological polar surface area (TPSA) is 61.8 Å². The molecule has 4 heteroatoms. The predicted molar refractivity (Wildman–Crippen MR) is 82.3 cm³/mol. The van der Waals surface area contributed by atoms with Gasteiger partial charge in [0.15, 0.2) is 0 Å². The Labute approximate surface area is 121 Å². The first kappa shape index (κ1) is 13.4. The molecule has 0 aromatic heterocycles. The minimum absolute atomic E-state index is 0.318. The molecule has 2 rings (SSSR count). The fourth-order valence-electron chi connectivity index (χ4n) is 1.81. The van der Waals surface area contributed by atoms with Crippen LogP contribution in [-0.2, 0) is 6.42 Å². The molecule has 2 aromatic carbocycles. The van der Waals surface area contributed by atoms with Gasteiger partial charge < -0.3 is 11.1 Å². The number of aryl methyl sites for hydroxylation is 1. The van der Waals surface area contributed by atoms with E-state index >= 15 is 0 Å². The number of hydrogen-bond acceptors (Lipinski definition) is 3. The van der Waals surface area contributed by atoms with Crippen molar-refractivity contribution >= 4 is 33.0 Å². The molecular formula is C15H14BrN3. The monoisotopic (exact) mass is 315 g/mol. The third-order valence-corrected chi connectivity index (χ3v) is 3.38. The number of nitriles is 1. The number of hydrogen-bond donors (Lipinski definition) is 2. The maximum Gasteiger partial charge on any atom is 0.0670 e. The Kier molecular flexibility index (Phi) is 4.08. The van der Waals surface area contributed by atoms with Gasteiger partial charge in [0.2, 0.25) is 0 Å². The van der Waals surface area contributed by atoms with Gasteiger partial charge in [-0.15, -0.1) is 0 Å². The van der Waals surface area contributed by atoms with Crippen LogP contribution in [0.15, 0.2) is 40.9 Å². The van der Waals surface area contributed by atoms with Crippen molar-refractivity contribution in [3.63, 3.8) is 0 Å². The zero-order valence-corrected chi connectivity index (χ0v) is 12.2. The smallest absolute Gasteiger partial charge is 0.0670 e. The van der Waals surface area contributed by atoms with Crippen LogP contribution in [0.1, 0.15) is 11.1 Å².